The zero-order valence-electron chi connectivity index (χ0n) is 18.1. The molecule has 0 saturated carbocycles. The van der Waals surface area contributed by atoms with Gasteiger partial charge in [-0.25, -0.2) is 18.6 Å². The van der Waals surface area contributed by atoms with Gasteiger partial charge >= 0.3 is 12.2 Å². The number of carbonyl (C=O) groups is 2. The maximum atomic E-state index is 14.7. The van der Waals surface area contributed by atoms with Gasteiger partial charge in [0, 0.05) is 19.3 Å². The molecule has 1 atom stereocenters. The van der Waals surface area contributed by atoms with Gasteiger partial charge in [-0.2, -0.15) is 13.2 Å². The van der Waals surface area contributed by atoms with Crippen LogP contribution in [0.25, 0.3) is 16.7 Å². The molecule has 1 aliphatic heterocycles. The van der Waals surface area contributed by atoms with Gasteiger partial charge in [-0.1, -0.05) is 13.0 Å². The van der Waals surface area contributed by atoms with Crippen LogP contribution in [0, 0.1) is 11.6 Å². The van der Waals surface area contributed by atoms with E-state index in [1.807, 2.05) is 0 Å². The number of pyridine rings is 2. The molecule has 1 aromatic carbocycles. The standard InChI is InChI=1S/C22H18F5N5O3/c1-2-15(22(25,26)27)29-20(34)12-10-32(17-13(23)4-3-5-14(17)24)19-11(18(12)33)6-7-16(30-19)31-9-8-28-21(31)35/h3-7,10,15H,2,8-9H2,1H3,(H,28,35)(H,29,34)/t15-/m0/s1. The molecule has 3 aromatic rings. The lowest BCUT2D eigenvalue weighted by Crippen LogP contribution is -2.46. The van der Waals surface area contributed by atoms with Crippen molar-refractivity contribution < 1.29 is 31.5 Å². The number of alkyl halides is 3. The summed E-state index contributed by atoms with van der Waals surface area (Å²) in [5, 5.41) is 4.03. The second-order valence-corrected chi connectivity index (χ2v) is 7.71. The van der Waals surface area contributed by atoms with Crippen molar-refractivity contribution in [1.29, 1.82) is 0 Å². The van der Waals surface area contributed by atoms with Crippen molar-refractivity contribution in [3.63, 3.8) is 0 Å². The zero-order valence-corrected chi connectivity index (χ0v) is 18.1. The fourth-order valence-electron chi connectivity index (χ4n) is 3.74. The molecule has 2 aromatic heterocycles. The van der Waals surface area contributed by atoms with Gasteiger partial charge in [-0.05, 0) is 30.7 Å². The molecular formula is C22H18F5N5O3. The summed E-state index contributed by atoms with van der Waals surface area (Å²) in [5.41, 5.74) is -2.76. The Bertz CT molecular complexity index is 1370. The Morgan fingerprint density at radius 1 is 1.17 bits per heavy atom. The Morgan fingerprint density at radius 3 is 2.43 bits per heavy atom. The minimum absolute atomic E-state index is 0.0673. The molecule has 184 valence electrons. The molecule has 0 radical (unpaired) electrons. The van der Waals surface area contributed by atoms with E-state index in [2.05, 4.69) is 10.3 Å². The van der Waals surface area contributed by atoms with E-state index < -0.39 is 58.9 Å². The van der Waals surface area contributed by atoms with E-state index in [1.165, 1.54) is 24.0 Å². The molecule has 3 amide bonds. The Hall–Kier alpha value is -4.03. The summed E-state index contributed by atoms with van der Waals surface area (Å²) >= 11 is 0. The van der Waals surface area contributed by atoms with Gasteiger partial charge in [0.25, 0.3) is 5.91 Å². The van der Waals surface area contributed by atoms with Crippen LogP contribution in [-0.4, -0.2) is 46.8 Å². The van der Waals surface area contributed by atoms with Gasteiger partial charge in [0.15, 0.2) is 5.65 Å². The topological polar surface area (TPSA) is 96.3 Å². The number of fused-ring (bicyclic) bond motifs is 1. The quantitative estimate of drug-likeness (QED) is 0.532. The van der Waals surface area contributed by atoms with Crippen LogP contribution < -0.4 is 21.0 Å². The van der Waals surface area contributed by atoms with Gasteiger partial charge in [0.05, 0.1) is 5.39 Å². The van der Waals surface area contributed by atoms with E-state index in [4.69, 9.17) is 0 Å². The summed E-state index contributed by atoms with van der Waals surface area (Å²) in [7, 11) is 0. The average molecular weight is 495 g/mol. The predicted molar refractivity (Wildman–Crippen MR) is 116 cm³/mol. The largest absolute Gasteiger partial charge is 0.408 e. The molecule has 1 saturated heterocycles. The van der Waals surface area contributed by atoms with Crippen molar-refractivity contribution in [2.24, 2.45) is 0 Å². The molecule has 2 N–H and O–H groups in total. The van der Waals surface area contributed by atoms with Crippen molar-refractivity contribution in [3.05, 3.63) is 63.9 Å². The molecule has 0 bridgehead atoms. The first-order chi connectivity index (χ1) is 16.5. The van der Waals surface area contributed by atoms with Gasteiger partial charge < -0.3 is 10.6 Å². The third-order valence-electron chi connectivity index (χ3n) is 5.50. The lowest BCUT2D eigenvalue weighted by Gasteiger charge is -2.21. The molecule has 0 spiro atoms. The number of nitrogens with zero attached hydrogens (tertiary/aromatic N) is 3. The molecule has 35 heavy (non-hydrogen) atoms. The normalized spacial score (nSPS) is 14.8. The van der Waals surface area contributed by atoms with E-state index in [1.54, 1.807) is 5.32 Å². The predicted octanol–water partition coefficient (Wildman–Crippen LogP) is 3.26. The maximum absolute atomic E-state index is 14.7. The van der Waals surface area contributed by atoms with Crippen LogP contribution >= 0.6 is 0 Å². The van der Waals surface area contributed by atoms with Crippen molar-refractivity contribution in [2.75, 3.05) is 18.0 Å². The third kappa shape index (κ3) is 4.40. The molecule has 1 aliphatic rings. The molecule has 0 unspecified atom stereocenters. The number of para-hydroxylation sites is 1. The van der Waals surface area contributed by atoms with E-state index in [9.17, 15) is 36.3 Å². The first-order valence-electron chi connectivity index (χ1n) is 10.5. The van der Waals surface area contributed by atoms with Crippen LogP contribution in [0.2, 0.25) is 0 Å². The van der Waals surface area contributed by atoms with E-state index >= 15 is 0 Å². The van der Waals surface area contributed by atoms with Crippen LogP contribution in [0.4, 0.5) is 32.6 Å². The summed E-state index contributed by atoms with van der Waals surface area (Å²) in [6.45, 7) is 1.77. The van der Waals surface area contributed by atoms with Crippen LogP contribution in [0.3, 0.4) is 0 Å². The van der Waals surface area contributed by atoms with Gasteiger partial charge in [0.1, 0.15) is 34.7 Å². The first-order valence-corrected chi connectivity index (χ1v) is 10.5. The maximum Gasteiger partial charge on any atom is 0.408 e. The van der Waals surface area contributed by atoms with Gasteiger partial charge in [-0.15, -0.1) is 0 Å². The van der Waals surface area contributed by atoms with Crippen molar-refractivity contribution in [2.45, 2.75) is 25.6 Å². The average Bonchev–Trinajstić information content (AvgIpc) is 3.23. The van der Waals surface area contributed by atoms with Crippen LogP contribution in [0.15, 0.2) is 41.3 Å². The fourth-order valence-corrected chi connectivity index (χ4v) is 3.74. The highest BCUT2D eigenvalue weighted by Crippen LogP contribution is 2.26. The monoisotopic (exact) mass is 495 g/mol. The van der Waals surface area contributed by atoms with E-state index in [0.29, 0.717) is 6.54 Å². The number of amides is 3. The summed E-state index contributed by atoms with van der Waals surface area (Å²) in [4.78, 5) is 43.3. The molecule has 4 rings (SSSR count). The number of carbonyl (C=O) groups excluding carboxylic acids is 2. The SMILES string of the molecule is CC[C@H](NC(=O)c1cn(-c2c(F)cccc2F)c2nc(N3CCNC3=O)ccc2c1=O)C(F)(F)F. The summed E-state index contributed by atoms with van der Waals surface area (Å²) in [5.74, 6) is -3.45. The minimum Gasteiger partial charge on any atom is -0.340 e. The Labute approximate surface area is 194 Å². The molecule has 3 heterocycles. The number of hydrogen-bond acceptors (Lipinski definition) is 4. The highest BCUT2D eigenvalue weighted by Gasteiger charge is 2.39. The van der Waals surface area contributed by atoms with Crippen molar-refractivity contribution >= 4 is 28.8 Å². The van der Waals surface area contributed by atoms with Crippen molar-refractivity contribution in [3.8, 4) is 5.69 Å². The lowest BCUT2D eigenvalue weighted by atomic mass is 10.1. The Balaban J connectivity index is 1.95. The van der Waals surface area contributed by atoms with Crippen LogP contribution in [0.1, 0.15) is 23.7 Å². The molecule has 8 nitrogen and oxygen atoms in total. The number of nitrogens with one attached hydrogen (secondary N) is 2. The summed E-state index contributed by atoms with van der Waals surface area (Å²) < 4.78 is 69.7. The summed E-state index contributed by atoms with van der Waals surface area (Å²) in [6, 6.07) is 2.72. The highest BCUT2D eigenvalue weighted by molar-refractivity contribution is 5.98. The molecular weight excluding hydrogens is 477 g/mol. The number of halogens is 5. The Morgan fingerprint density at radius 2 is 1.86 bits per heavy atom. The smallest absolute Gasteiger partial charge is 0.340 e. The van der Waals surface area contributed by atoms with E-state index in [-0.39, 0.29) is 23.4 Å². The first kappa shape index (κ1) is 24.1. The number of aromatic nitrogens is 2. The van der Waals surface area contributed by atoms with Gasteiger partial charge in [-0.3, -0.25) is 19.1 Å². The van der Waals surface area contributed by atoms with Crippen LogP contribution in [0.5, 0.6) is 0 Å². The molecule has 13 heteroatoms. The van der Waals surface area contributed by atoms with Gasteiger partial charge in [0.2, 0.25) is 5.43 Å². The second kappa shape index (κ2) is 8.96. The third-order valence-corrected chi connectivity index (χ3v) is 5.50. The number of rotatable bonds is 5. The molecule has 1 fully saturated rings. The van der Waals surface area contributed by atoms with E-state index in [0.717, 1.165) is 29.0 Å². The Kier molecular flexibility index (Phi) is 6.17. The van der Waals surface area contributed by atoms with Crippen molar-refractivity contribution in [1.82, 2.24) is 20.2 Å². The fraction of sp³-hybridized carbons (Fsp3) is 0.273. The highest BCUT2D eigenvalue weighted by atomic mass is 19.4. The number of benzene rings is 1. The lowest BCUT2D eigenvalue weighted by molar-refractivity contribution is -0.153. The molecule has 0 aliphatic carbocycles. The summed E-state index contributed by atoms with van der Waals surface area (Å²) in [6.07, 6.45) is -4.53. The minimum atomic E-state index is -4.77. The van der Waals surface area contributed by atoms with Crippen LogP contribution in [-0.2, 0) is 0 Å². The number of hydrogen-bond donors (Lipinski definition) is 2. The number of anilines is 1. The number of urea groups is 1. The zero-order chi connectivity index (χ0) is 25.5. The second-order valence-electron chi connectivity index (χ2n) is 7.71.